The highest BCUT2D eigenvalue weighted by molar-refractivity contribution is 5.93. The summed E-state index contributed by atoms with van der Waals surface area (Å²) < 4.78 is 44.0. The van der Waals surface area contributed by atoms with Crippen LogP contribution in [0.1, 0.15) is 28.5 Å². The van der Waals surface area contributed by atoms with Gasteiger partial charge in [0.1, 0.15) is 11.4 Å². The average molecular weight is 440 g/mol. The van der Waals surface area contributed by atoms with E-state index in [1.165, 1.54) is 12.4 Å². The maximum Gasteiger partial charge on any atom is 0.431 e. The standard InChI is InChI=1S/C23H19F3N4O2/c1-2-32-18-5-3-4-15(9-18)21-27-12-17(13-28-21)22(31)29-11-14-6-7-19-16(8-14)10-20(30-19)23(24,25)26/h3-10,12-13,30H,2,11H2,1H3,(H,29,31). The number of aromatic nitrogens is 3. The zero-order valence-corrected chi connectivity index (χ0v) is 17.0. The van der Waals surface area contributed by atoms with Gasteiger partial charge in [-0.15, -0.1) is 0 Å². The number of hydrogen-bond donors (Lipinski definition) is 2. The van der Waals surface area contributed by atoms with Crippen LogP contribution in [0.15, 0.2) is 60.9 Å². The molecule has 4 rings (SSSR count). The molecule has 164 valence electrons. The van der Waals surface area contributed by atoms with Gasteiger partial charge in [-0.2, -0.15) is 13.2 Å². The number of rotatable bonds is 6. The van der Waals surface area contributed by atoms with Gasteiger partial charge < -0.3 is 15.0 Å². The molecule has 2 heterocycles. The lowest BCUT2D eigenvalue weighted by molar-refractivity contribution is -0.140. The minimum absolute atomic E-state index is 0.152. The molecule has 9 heteroatoms. The fourth-order valence-corrected chi connectivity index (χ4v) is 3.22. The summed E-state index contributed by atoms with van der Waals surface area (Å²) in [5.74, 6) is 0.781. The van der Waals surface area contributed by atoms with E-state index in [-0.39, 0.29) is 18.0 Å². The van der Waals surface area contributed by atoms with E-state index in [1.54, 1.807) is 18.2 Å². The SMILES string of the molecule is CCOc1cccc(-c2ncc(C(=O)NCc3ccc4[nH]c(C(F)(F)F)cc4c3)cn2)c1. The Hall–Kier alpha value is -3.88. The number of nitrogens with zero attached hydrogens (tertiary/aromatic N) is 2. The van der Waals surface area contributed by atoms with E-state index in [2.05, 4.69) is 20.3 Å². The molecule has 0 atom stereocenters. The third-order valence-corrected chi connectivity index (χ3v) is 4.76. The summed E-state index contributed by atoms with van der Waals surface area (Å²) in [7, 11) is 0. The zero-order valence-electron chi connectivity index (χ0n) is 17.0. The van der Waals surface area contributed by atoms with Crippen molar-refractivity contribution in [1.82, 2.24) is 20.3 Å². The predicted octanol–water partition coefficient (Wildman–Crippen LogP) is 4.97. The third-order valence-electron chi connectivity index (χ3n) is 4.76. The third kappa shape index (κ3) is 4.72. The average Bonchev–Trinajstić information content (AvgIpc) is 3.22. The molecule has 0 aliphatic heterocycles. The quantitative estimate of drug-likeness (QED) is 0.444. The van der Waals surface area contributed by atoms with E-state index in [4.69, 9.17) is 4.74 Å². The van der Waals surface area contributed by atoms with E-state index < -0.39 is 11.9 Å². The Kier molecular flexibility index (Phi) is 5.81. The summed E-state index contributed by atoms with van der Waals surface area (Å²) in [6.07, 6.45) is -1.59. The van der Waals surface area contributed by atoms with Crippen molar-refractivity contribution >= 4 is 16.8 Å². The Morgan fingerprint density at radius 1 is 1.09 bits per heavy atom. The van der Waals surface area contributed by atoms with Crippen molar-refractivity contribution in [3.63, 3.8) is 0 Å². The van der Waals surface area contributed by atoms with Crippen LogP contribution in [-0.4, -0.2) is 27.5 Å². The minimum Gasteiger partial charge on any atom is -0.494 e. The van der Waals surface area contributed by atoms with E-state index in [0.717, 1.165) is 11.6 Å². The molecule has 6 nitrogen and oxygen atoms in total. The second-order valence-electron chi connectivity index (χ2n) is 7.04. The Balaban J connectivity index is 1.42. The van der Waals surface area contributed by atoms with Gasteiger partial charge in [-0.05, 0) is 42.8 Å². The summed E-state index contributed by atoms with van der Waals surface area (Å²) in [5, 5.41) is 3.15. The molecule has 32 heavy (non-hydrogen) atoms. The number of aromatic amines is 1. The minimum atomic E-state index is -4.44. The lowest BCUT2D eigenvalue weighted by Gasteiger charge is -2.07. The molecule has 0 unspecified atom stereocenters. The summed E-state index contributed by atoms with van der Waals surface area (Å²) in [4.78, 5) is 23.3. The van der Waals surface area contributed by atoms with Crippen LogP contribution >= 0.6 is 0 Å². The highest BCUT2D eigenvalue weighted by atomic mass is 19.4. The van der Waals surface area contributed by atoms with Gasteiger partial charge in [0.15, 0.2) is 5.82 Å². The van der Waals surface area contributed by atoms with Crippen molar-refractivity contribution in [3.8, 4) is 17.1 Å². The summed E-state index contributed by atoms with van der Waals surface area (Å²) in [6.45, 7) is 2.59. The highest BCUT2D eigenvalue weighted by Gasteiger charge is 2.32. The molecule has 0 aliphatic carbocycles. The maximum absolute atomic E-state index is 12.9. The predicted molar refractivity (Wildman–Crippen MR) is 113 cm³/mol. The van der Waals surface area contributed by atoms with Crippen LogP contribution in [0.5, 0.6) is 5.75 Å². The lowest BCUT2D eigenvalue weighted by Crippen LogP contribution is -2.23. The molecule has 2 aromatic heterocycles. The monoisotopic (exact) mass is 440 g/mol. The highest BCUT2D eigenvalue weighted by Crippen LogP contribution is 2.31. The molecular formula is C23H19F3N4O2. The molecule has 0 fully saturated rings. The maximum atomic E-state index is 12.9. The second kappa shape index (κ2) is 8.70. The lowest BCUT2D eigenvalue weighted by atomic mass is 10.1. The van der Waals surface area contributed by atoms with Gasteiger partial charge >= 0.3 is 6.18 Å². The van der Waals surface area contributed by atoms with E-state index >= 15 is 0 Å². The molecule has 0 spiro atoms. The van der Waals surface area contributed by atoms with Crippen LogP contribution < -0.4 is 10.1 Å². The second-order valence-corrected chi connectivity index (χ2v) is 7.04. The summed E-state index contributed by atoms with van der Waals surface area (Å²) in [6, 6.07) is 13.2. The van der Waals surface area contributed by atoms with Crippen molar-refractivity contribution in [2.75, 3.05) is 6.61 Å². The first-order valence-corrected chi connectivity index (χ1v) is 9.86. The Morgan fingerprint density at radius 2 is 1.88 bits per heavy atom. The zero-order chi connectivity index (χ0) is 22.7. The number of H-pyrrole nitrogens is 1. The first-order valence-electron chi connectivity index (χ1n) is 9.86. The molecule has 4 aromatic rings. The van der Waals surface area contributed by atoms with E-state index in [1.807, 2.05) is 31.2 Å². The van der Waals surface area contributed by atoms with Crippen molar-refractivity contribution in [2.24, 2.45) is 0 Å². The normalized spacial score (nSPS) is 11.5. The number of carbonyl (C=O) groups is 1. The van der Waals surface area contributed by atoms with Gasteiger partial charge in [-0.1, -0.05) is 18.2 Å². The van der Waals surface area contributed by atoms with Crippen molar-refractivity contribution < 1.29 is 22.7 Å². The first kappa shape index (κ1) is 21.4. The number of fused-ring (bicyclic) bond motifs is 1. The van der Waals surface area contributed by atoms with Crippen LogP contribution in [0.25, 0.3) is 22.3 Å². The van der Waals surface area contributed by atoms with Gasteiger partial charge in [-0.25, -0.2) is 9.97 Å². The number of ether oxygens (including phenoxy) is 1. The number of alkyl halides is 3. The molecule has 0 saturated heterocycles. The van der Waals surface area contributed by atoms with Gasteiger partial charge in [-0.3, -0.25) is 4.79 Å². The molecule has 0 saturated carbocycles. The number of nitrogens with one attached hydrogen (secondary N) is 2. The topological polar surface area (TPSA) is 79.9 Å². The van der Waals surface area contributed by atoms with Crippen molar-refractivity contribution in [1.29, 1.82) is 0 Å². The van der Waals surface area contributed by atoms with Crippen LogP contribution in [-0.2, 0) is 12.7 Å². The van der Waals surface area contributed by atoms with Gasteiger partial charge in [0.2, 0.25) is 0 Å². The fourth-order valence-electron chi connectivity index (χ4n) is 3.22. The largest absolute Gasteiger partial charge is 0.494 e. The van der Waals surface area contributed by atoms with Crippen LogP contribution in [0.4, 0.5) is 13.2 Å². The van der Waals surface area contributed by atoms with Gasteiger partial charge in [0.25, 0.3) is 5.91 Å². The molecular weight excluding hydrogens is 421 g/mol. The van der Waals surface area contributed by atoms with Crippen LogP contribution in [0.2, 0.25) is 0 Å². The molecule has 0 aliphatic rings. The molecule has 0 bridgehead atoms. The Bertz CT molecular complexity index is 1250. The molecule has 0 radical (unpaired) electrons. The number of benzene rings is 2. The number of carbonyl (C=O) groups excluding carboxylic acids is 1. The van der Waals surface area contributed by atoms with Crippen LogP contribution in [0, 0.1) is 0 Å². The smallest absolute Gasteiger partial charge is 0.431 e. The van der Waals surface area contributed by atoms with Gasteiger partial charge in [0, 0.05) is 35.4 Å². The molecule has 1 amide bonds. The number of hydrogen-bond acceptors (Lipinski definition) is 4. The Morgan fingerprint density at radius 3 is 2.59 bits per heavy atom. The number of halogens is 3. The van der Waals surface area contributed by atoms with E-state index in [0.29, 0.717) is 34.6 Å². The first-order chi connectivity index (χ1) is 15.3. The summed E-state index contributed by atoms with van der Waals surface area (Å²) in [5.41, 5.74) is 1.28. The van der Waals surface area contributed by atoms with Gasteiger partial charge in [0.05, 0.1) is 12.2 Å². The molecule has 2 aromatic carbocycles. The van der Waals surface area contributed by atoms with Crippen molar-refractivity contribution in [2.45, 2.75) is 19.6 Å². The summed E-state index contributed by atoms with van der Waals surface area (Å²) >= 11 is 0. The van der Waals surface area contributed by atoms with E-state index in [9.17, 15) is 18.0 Å². The number of amides is 1. The fraction of sp³-hybridized carbons (Fsp3) is 0.174. The van der Waals surface area contributed by atoms with Crippen molar-refractivity contribution in [3.05, 3.63) is 77.7 Å². The Labute approximate surface area is 181 Å². The van der Waals surface area contributed by atoms with Crippen LogP contribution in [0.3, 0.4) is 0 Å². The molecule has 2 N–H and O–H groups in total.